The Bertz CT molecular complexity index is 518. The third-order valence-electron chi connectivity index (χ3n) is 3.18. The van der Waals surface area contributed by atoms with Crippen LogP contribution in [-0.4, -0.2) is 16.2 Å². The number of benzene rings is 1. The molecule has 0 spiro atoms. The van der Waals surface area contributed by atoms with Gasteiger partial charge in [0.2, 0.25) is 0 Å². The SMILES string of the molecule is NOCCc1ccc2nc3n(c2c1)CCC3. The molecule has 2 heterocycles. The summed E-state index contributed by atoms with van der Waals surface area (Å²) in [5, 5.41) is 0. The standard InChI is InChI=1S/C12H15N3O/c13-16-7-5-9-3-4-10-11(8-9)15-6-1-2-12(15)14-10/h3-4,8H,1-2,5-7,13H2. The summed E-state index contributed by atoms with van der Waals surface area (Å²) in [5.74, 6) is 6.27. The van der Waals surface area contributed by atoms with Crippen molar-refractivity contribution in [2.75, 3.05) is 6.61 Å². The lowest BCUT2D eigenvalue weighted by Gasteiger charge is -2.02. The Morgan fingerprint density at radius 1 is 1.44 bits per heavy atom. The molecular weight excluding hydrogens is 202 g/mol. The number of nitrogens with zero attached hydrogens (tertiary/aromatic N) is 2. The maximum absolute atomic E-state index is 5.04. The fourth-order valence-electron chi connectivity index (χ4n) is 2.39. The first-order valence-corrected chi connectivity index (χ1v) is 5.68. The van der Waals surface area contributed by atoms with Crippen molar-refractivity contribution in [3.63, 3.8) is 0 Å². The molecule has 0 unspecified atom stereocenters. The summed E-state index contributed by atoms with van der Waals surface area (Å²) in [7, 11) is 0. The lowest BCUT2D eigenvalue weighted by atomic mass is 10.1. The zero-order chi connectivity index (χ0) is 11.0. The van der Waals surface area contributed by atoms with Gasteiger partial charge in [-0.2, -0.15) is 0 Å². The van der Waals surface area contributed by atoms with Crippen molar-refractivity contribution in [3.8, 4) is 0 Å². The van der Waals surface area contributed by atoms with E-state index in [1.807, 2.05) is 0 Å². The van der Waals surface area contributed by atoms with Crippen molar-refractivity contribution in [2.24, 2.45) is 5.90 Å². The summed E-state index contributed by atoms with van der Waals surface area (Å²) in [6, 6.07) is 6.40. The largest absolute Gasteiger partial charge is 0.328 e. The van der Waals surface area contributed by atoms with Gasteiger partial charge in [-0.3, -0.25) is 0 Å². The Hall–Kier alpha value is -1.39. The van der Waals surface area contributed by atoms with Crippen LogP contribution in [-0.2, 0) is 24.2 Å². The van der Waals surface area contributed by atoms with Gasteiger partial charge < -0.3 is 9.40 Å². The van der Waals surface area contributed by atoms with E-state index in [2.05, 4.69) is 32.6 Å². The molecule has 4 nitrogen and oxygen atoms in total. The molecule has 4 heteroatoms. The molecule has 84 valence electrons. The van der Waals surface area contributed by atoms with Crippen LogP contribution in [0.4, 0.5) is 0 Å². The normalized spacial score (nSPS) is 14.6. The molecule has 0 radical (unpaired) electrons. The van der Waals surface area contributed by atoms with Gasteiger partial charge in [-0.05, 0) is 30.5 Å². The Labute approximate surface area is 94.0 Å². The van der Waals surface area contributed by atoms with Crippen molar-refractivity contribution in [2.45, 2.75) is 25.8 Å². The quantitative estimate of drug-likeness (QED) is 0.791. The van der Waals surface area contributed by atoms with Gasteiger partial charge in [0.25, 0.3) is 0 Å². The molecule has 0 bridgehead atoms. The van der Waals surface area contributed by atoms with E-state index in [0.717, 1.165) is 24.9 Å². The third-order valence-corrected chi connectivity index (χ3v) is 3.18. The van der Waals surface area contributed by atoms with E-state index in [4.69, 9.17) is 5.90 Å². The molecule has 0 aliphatic carbocycles. The highest BCUT2D eigenvalue weighted by atomic mass is 16.6. The van der Waals surface area contributed by atoms with Crippen LogP contribution < -0.4 is 5.90 Å². The fraction of sp³-hybridized carbons (Fsp3) is 0.417. The molecule has 1 aromatic carbocycles. The number of hydrogen-bond acceptors (Lipinski definition) is 3. The molecule has 0 amide bonds. The molecule has 0 saturated heterocycles. The van der Waals surface area contributed by atoms with Crippen molar-refractivity contribution >= 4 is 11.0 Å². The smallest absolute Gasteiger partial charge is 0.109 e. The number of aromatic nitrogens is 2. The van der Waals surface area contributed by atoms with Crippen molar-refractivity contribution in [1.82, 2.24) is 9.55 Å². The van der Waals surface area contributed by atoms with Crippen molar-refractivity contribution in [3.05, 3.63) is 29.6 Å². The summed E-state index contributed by atoms with van der Waals surface area (Å²) in [6.07, 6.45) is 3.18. The average molecular weight is 217 g/mol. The minimum atomic E-state index is 0.562. The van der Waals surface area contributed by atoms with E-state index < -0.39 is 0 Å². The Morgan fingerprint density at radius 3 is 3.25 bits per heavy atom. The Morgan fingerprint density at radius 2 is 2.38 bits per heavy atom. The van der Waals surface area contributed by atoms with E-state index in [0.29, 0.717) is 6.61 Å². The van der Waals surface area contributed by atoms with E-state index >= 15 is 0 Å². The van der Waals surface area contributed by atoms with Crippen LogP contribution in [0.25, 0.3) is 11.0 Å². The summed E-state index contributed by atoms with van der Waals surface area (Å²) in [4.78, 5) is 9.23. The van der Waals surface area contributed by atoms with Crippen LogP contribution >= 0.6 is 0 Å². The molecule has 16 heavy (non-hydrogen) atoms. The molecule has 1 aliphatic heterocycles. The first-order valence-electron chi connectivity index (χ1n) is 5.68. The van der Waals surface area contributed by atoms with E-state index in [1.54, 1.807) is 0 Å². The van der Waals surface area contributed by atoms with Crippen LogP contribution in [0, 0.1) is 0 Å². The molecule has 0 saturated carbocycles. The molecule has 1 aromatic heterocycles. The highest BCUT2D eigenvalue weighted by Crippen LogP contribution is 2.23. The second-order valence-corrected chi connectivity index (χ2v) is 4.23. The van der Waals surface area contributed by atoms with E-state index in [-0.39, 0.29) is 0 Å². The number of hydrogen-bond donors (Lipinski definition) is 1. The maximum Gasteiger partial charge on any atom is 0.109 e. The molecule has 2 aromatic rings. The van der Waals surface area contributed by atoms with Gasteiger partial charge >= 0.3 is 0 Å². The summed E-state index contributed by atoms with van der Waals surface area (Å²) in [6.45, 7) is 1.66. The molecule has 0 atom stereocenters. The van der Waals surface area contributed by atoms with Gasteiger partial charge in [0, 0.05) is 13.0 Å². The van der Waals surface area contributed by atoms with Crippen LogP contribution in [0.2, 0.25) is 0 Å². The highest BCUT2D eigenvalue weighted by Gasteiger charge is 2.15. The van der Waals surface area contributed by atoms with Gasteiger partial charge in [-0.1, -0.05) is 6.07 Å². The number of aryl methyl sites for hydroxylation is 2. The van der Waals surface area contributed by atoms with Gasteiger partial charge in [-0.25, -0.2) is 10.9 Å². The fourth-order valence-corrected chi connectivity index (χ4v) is 2.39. The van der Waals surface area contributed by atoms with E-state index in [1.165, 1.54) is 23.3 Å². The lowest BCUT2D eigenvalue weighted by molar-refractivity contribution is 0.141. The van der Waals surface area contributed by atoms with Gasteiger partial charge in [0.05, 0.1) is 17.6 Å². The first-order chi connectivity index (χ1) is 7.88. The van der Waals surface area contributed by atoms with Crippen molar-refractivity contribution in [1.29, 1.82) is 0 Å². The second-order valence-electron chi connectivity index (χ2n) is 4.23. The topological polar surface area (TPSA) is 53.1 Å². The minimum Gasteiger partial charge on any atom is -0.328 e. The van der Waals surface area contributed by atoms with Gasteiger partial charge in [-0.15, -0.1) is 0 Å². The van der Waals surface area contributed by atoms with Gasteiger partial charge in [0.15, 0.2) is 0 Å². The lowest BCUT2D eigenvalue weighted by Crippen LogP contribution is -2.03. The average Bonchev–Trinajstić information content (AvgIpc) is 2.86. The third kappa shape index (κ3) is 1.50. The van der Waals surface area contributed by atoms with E-state index in [9.17, 15) is 0 Å². The minimum absolute atomic E-state index is 0.562. The van der Waals surface area contributed by atoms with Crippen LogP contribution in [0.1, 0.15) is 17.8 Å². The molecule has 1 aliphatic rings. The maximum atomic E-state index is 5.04. The Balaban J connectivity index is 2.02. The number of imidazole rings is 1. The number of nitrogens with two attached hydrogens (primary N) is 1. The Kier molecular flexibility index (Phi) is 2.38. The monoisotopic (exact) mass is 217 g/mol. The number of rotatable bonds is 3. The predicted octanol–water partition coefficient (Wildman–Crippen LogP) is 1.42. The summed E-state index contributed by atoms with van der Waals surface area (Å²) in [5.41, 5.74) is 3.61. The molecule has 0 fully saturated rings. The van der Waals surface area contributed by atoms with Crippen molar-refractivity contribution < 1.29 is 4.84 Å². The van der Waals surface area contributed by atoms with Crippen LogP contribution in [0.15, 0.2) is 18.2 Å². The first kappa shape index (κ1) is 9.81. The second kappa shape index (κ2) is 3.88. The molecule has 3 rings (SSSR count). The van der Waals surface area contributed by atoms with Gasteiger partial charge in [0.1, 0.15) is 5.82 Å². The zero-order valence-corrected chi connectivity index (χ0v) is 9.15. The zero-order valence-electron chi connectivity index (χ0n) is 9.15. The van der Waals surface area contributed by atoms with Crippen LogP contribution in [0.3, 0.4) is 0 Å². The summed E-state index contributed by atoms with van der Waals surface area (Å²) < 4.78 is 2.32. The predicted molar refractivity (Wildman–Crippen MR) is 61.9 cm³/mol. The van der Waals surface area contributed by atoms with Crippen LogP contribution in [0.5, 0.6) is 0 Å². The molecular formula is C12H15N3O. The molecule has 2 N–H and O–H groups in total. The number of fused-ring (bicyclic) bond motifs is 3. The summed E-state index contributed by atoms with van der Waals surface area (Å²) >= 11 is 0. The highest BCUT2D eigenvalue weighted by molar-refractivity contribution is 5.77.